The molecular formula is C15H19ClN2O2S2. The van der Waals surface area contributed by atoms with Gasteiger partial charge in [0.05, 0.1) is 4.34 Å². The number of sulfonamides is 1. The molecule has 1 N–H and O–H groups in total. The van der Waals surface area contributed by atoms with Crippen molar-refractivity contribution in [3.8, 4) is 0 Å². The highest BCUT2D eigenvalue weighted by atomic mass is 35.5. The summed E-state index contributed by atoms with van der Waals surface area (Å²) in [6.07, 6.45) is 0. The molecule has 1 heterocycles. The van der Waals surface area contributed by atoms with Crippen molar-refractivity contribution in [1.29, 1.82) is 0 Å². The molecule has 120 valence electrons. The average molecular weight is 359 g/mol. The SMILES string of the molecule is Cc1ccc(C(CNS(=O)(=O)c2ccc(Cl)s2)N(C)C)cc1. The van der Waals surface area contributed by atoms with Crippen LogP contribution in [0.15, 0.2) is 40.6 Å². The fraction of sp³-hybridized carbons (Fsp3) is 0.333. The smallest absolute Gasteiger partial charge is 0.250 e. The van der Waals surface area contributed by atoms with Crippen LogP contribution in [-0.4, -0.2) is 34.0 Å². The van der Waals surface area contributed by atoms with Crippen LogP contribution < -0.4 is 4.72 Å². The first-order valence-corrected chi connectivity index (χ1v) is 9.45. The van der Waals surface area contributed by atoms with E-state index in [0.717, 1.165) is 16.9 Å². The Morgan fingerprint density at radius 2 is 1.82 bits per heavy atom. The van der Waals surface area contributed by atoms with Crippen LogP contribution >= 0.6 is 22.9 Å². The summed E-state index contributed by atoms with van der Waals surface area (Å²) < 4.78 is 27.9. The predicted octanol–water partition coefficient (Wildman–Crippen LogP) is 3.29. The van der Waals surface area contributed by atoms with Gasteiger partial charge in [0, 0.05) is 12.6 Å². The molecule has 0 amide bonds. The van der Waals surface area contributed by atoms with Crippen LogP contribution in [0.4, 0.5) is 0 Å². The fourth-order valence-electron chi connectivity index (χ4n) is 2.09. The van der Waals surface area contributed by atoms with Crippen LogP contribution in [0, 0.1) is 6.92 Å². The van der Waals surface area contributed by atoms with Gasteiger partial charge in [-0.15, -0.1) is 11.3 Å². The summed E-state index contributed by atoms with van der Waals surface area (Å²) in [5.41, 5.74) is 2.25. The van der Waals surface area contributed by atoms with E-state index in [4.69, 9.17) is 11.6 Å². The minimum atomic E-state index is -3.53. The molecule has 1 aromatic carbocycles. The van der Waals surface area contributed by atoms with Gasteiger partial charge in [0.1, 0.15) is 4.21 Å². The lowest BCUT2D eigenvalue weighted by Crippen LogP contribution is -2.34. The van der Waals surface area contributed by atoms with Crippen LogP contribution in [0.3, 0.4) is 0 Å². The molecule has 0 aliphatic rings. The van der Waals surface area contributed by atoms with E-state index < -0.39 is 10.0 Å². The quantitative estimate of drug-likeness (QED) is 0.862. The third-order valence-corrected chi connectivity index (χ3v) is 6.51. The van der Waals surface area contributed by atoms with E-state index in [2.05, 4.69) is 4.72 Å². The van der Waals surface area contributed by atoms with E-state index in [9.17, 15) is 8.42 Å². The number of hydrogen-bond acceptors (Lipinski definition) is 4. The van der Waals surface area contributed by atoms with Crippen LogP contribution in [0.25, 0.3) is 0 Å². The lowest BCUT2D eigenvalue weighted by molar-refractivity contribution is 0.299. The second-order valence-corrected chi connectivity index (χ2v) is 9.01. The fourth-order valence-corrected chi connectivity index (χ4v) is 4.65. The van der Waals surface area contributed by atoms with E-state index in [1.807, 2.05) is 50.2 Å². The molecule has 0 aliphatic carbocycles. The normalized spacial score (nSPS) is 13.5. The predicted molar refractivity (Wildman–Crippen MR) is 92.1 cm³/mol. The van der Waals surface area contributed by atoms with E-state index in [0.29, 0.717) is 10.9 Å². The molecule has 7 heteroatoms. The molecular weight excluding hydrogens is 340 g/mol. The van der Waals surface area contributed by atoms with Crippen LogP contribution in [-0.2, 0) is 10.0 Å². The van der Waals surface area contributed by atoms with Gasteiger partial charge >= 0.3 is 0 Å². The number of rotatable bonds is 6. The highest BCUT2D eigenvalue weighted by Crippen LogP contribution is 2.26. The van der Waals surface area contributed by atoms with E-state index in [1.54, 1.807) is 6.07 Å². The van der Waals surface area contributed by atoms with Crippen molar-refractivity contribution in [3.05, 3.63) is 51.9 Å². The second kappa shape index (κ2) is 7.10. The van der Waals surface area contributed by atoms with Gasteiger partial charge in [0.15, 0.2) is 0 Å². The zero-order chi connectivity index (χ0) is 16.3. The first kappa shape index (κ1) is 17.4. The number of halogens is 1. The zero-order valence-corrected chi connectivity index (χ0v) is 15.1. The minimum absolute atomic E-state index is 0.0363. The summed E-state index contributed by atoms with van der Waals surface area (Å²) in [4.78, 5) is 1.99. The third-order valence-electron chi connectivity index (χ3n) is 3.37. The van der Waals surface area contributed by atoms with Crippen molar-refractivity contribution in [2.45, 2.75) is 17.2 Å². The molecule has 2 rings (SSSR count). The van der Waals surface area contributed by atoms with Crippen molar-refractivity contribution in [1.82, 2.24) is 9.62 Å². The summed E-state index contributed by atoms with van der Waals surface area (Å²) in [7, 11) is 0.336. The van der Waals surface area contributed by atoms with E-state index in [-0.39, 0.29) is 10.3 Å². The largest absolute Gasteiger partial charge is 0.301 e. The standard InChI is InChI=1S/C15H19ClN2O2S2/c1-11-4-6-12(7-5-11)13(18(2)3)10-17-22(19,20)15-9-8-14(16)21-15/h4-9,13,17H,10H2,1-3H3. The highest BCUT2D eigenvalue weighted by Gasteiger charge is 2.21. The molecule has 1 aromatic heterocycles. The van der Waals surface area contributed by atoms with Crippen LogP contribution in [0.5, 0.6) is 0 Å². The van der Waals surface area contributed by atoms with E-state index >= 15 is 0 Å². The van der Waals surface area contributed by atoms with Gasteiger partial charge in [-0.3, -0.25) is 0 Å². The summed E-state index contributed by atoms with van der Waals surface area (Å²) in [6.45, 7) is 2.33. The van der Waals surface area contributed by atoms with Crippen molar-refractivity contribution in [2.24, 2.45) is 0 Å². The van der Waals surface area contributed by atoms with Gasteiger partial charge in [0.2, 0.25) is 10.0 Å². The maximum Gasteiger partial charge on any atom is 0.250 e. The minimum Gasteiger partial charge on any atom is -0.301 e. The van der Waals surface area contributed by atoms with Crippen molar-refractivity contribution in [2.75, 3.05) is 20.6 Å². The molecule has 0 saturated heterocycles. The Balaban J connectivity index is 2.14. The Hall–Kier alpha value is -0.920. The summed E-state index contributed by atoms with van der Waals surface area (Å²) in [6, 6.07) is 11.2. The molecule has 1 unspecified atom stereocenters. The van der Waals surface area contributed by atoms with E-state index in [1.165, 1.54) is 11.6 Å². The molecule has 0 bridgehead atoms. The Bertz CT molecular complexity index is 724. The monoisotopic (exact) mass is 358 g/mol. The highest BCUT2D eigenvalue weighted by molar-refractivity contribution is 7.91. The molecule has 1 atom stereocenters. The van der Waals surface area contributed by atoms with Crippen molar-refractivity contribution in [3.63, 3.8) is 0 Å². The number of aryl methyl sites for hydroxylation is 1. The van der Waals surface area contributed by atoms with Crippen molar-refractivity contribution >= 4 is 33.0 Å². The topological polar surface area (TPSA) is 49.4 Å². The number of benzene rings is 1. The first-order valence-electron chi connectivity index (χ1n) is 6.77. The molecule has 22 heavy (non-hydrogen) atoms. The number of thiophene rings is 1. The number of likely N-dealkylation sites (N-methyl/N-ethyl adjacent to an activating group) is 1. The molecule has 0 aliphatic heterocycles. The average Bonchev–Trinajstić information content (AvgIpc) is 2.88. The zero-order valence-electron chi connectivity index (χ0n) is 12.7. The molecule has 0 spiro atoms. The Kier molecular flexibility index (Phi) is 5.63. The van der Waals surface area contributed by atoms with Gasteiger partial charge in [-0.2, -0.15) is 0 Å². The number of hydrogen-bond donors (Lipinski definition) is 1. The lowest BCUT2D eigenvalue weighted by Gasteiger charge is -2.25. The third kappa shape index (κ3) is 4.30. The molecule has 0 fully saturated rings. The maximum atomic E-state index is 12.3. The summed E-state index contributed by atoms with van der Waals surface area (Å²) in [5.74, 6) is 0. The first-order chi connectivity index (χ1) is 10.3. The summed E-state index contributed by atoms with van der Waals surface area (Å²) >= 11 is 6.86. The van der Waals surface area contributed by atoms with Gasteiger partial charge in [0.25, 0.3) is 0 Å². The van der Waals surface area contributed by atoms with Gasteiger partial charge < -0.3 is 4.90 Å². The number of nitrogens with one attached hydrogen (secondary N) is 1. The van der Waals surface area contributed by atoms with Gasteiger partial charge in [-0.25, -0.2) is 13.1 Å². The number of nitrogens with zero attached hydrogens (tertiary/aromatic N) is 1. The molecule has 4 nitrogen and oxygen atoms in total. The second-order valence-electron chi connectivity index (χ2n) is 5.30. The Morgan fingerprint density at radius 3 is 2.32 bits per heavy atom. The molecule has 0 saturated carbocycles. The molecule has 2 aromatic rings. The lowest BCUT2D eigenvalue weighted by atomic mass is 10.0. The molecule has 0 radical (unpaired) electrons. The van der Waals surface area contributed by atoms with Crippen LogP contribution in [0.2, 0.25) is 4.34 Å². The Morgan fingerprint density at radius 1 is 1.18 bits per heavy atom. The van der Waals surface area contributed by atoms with Crippen LogP contribution in [0.1, 0.15) is 17.2 Å². The Labute approximate surface area is 140 Å². The summed E-state index contributed by atoms with van der Waals surface area (Å²) in [5, 5.41) is 0. The van der Waals surface area contributed by atoms with Gasteiger partial charge in [-0.05, 0) is 38.7 Å². The van der Waals surface area contributed by atoms with Crippen molar-refractivity contribution < 1.29 is 8.42 Å². The maximum absolute atomic E-state index is 12.3. The van der Waals surface area contributed by atoms with Gasteiger partial charge in [-0.1, -0.05) is 41.4 Å².